The van der Waals surface area contributed by atoms with Gasteiger partial charge in [-0.05, 0) is 53.5 Å². The zero-order valence-corrected chi connectivity index (χ0v) is 14.7. The molecule has 0 aromatic heterocycles. The van der Waals surface area contributed by atoms with Gasteiger partial charge >= 0.3 is 0 Å². The highest BCUT2D eigenvalue weighted by molar-refractivity contribution is 9.10. The molecule has 1 atom stereocenters. The maximum absolute atomic E-state index is 6.67. The summed E-state index contributed by atoms with van der Waals surface area (Å²) in [4.78, 5) is 0. The second-order valence-electron chi connectivity index (χ2n) is 4.73. The molecule has 2 nitrogen and oxygen atoms in total. The fourth-order valence-corrected chi connectivity index (χ4v) is 3.04. The molecule has 0 amide bonds. The molecule has 112 valence electrons. The van der Waals surface area contributed by atoms with Crippen molar-refractivity contribution in [2.24, 2.45) is 0 Å². The first-order valence-corrected chi connectivity index (χ1v) is 8.00. The Morgan fingerprint density at radius 2 is 1.86 bits per heavy atom. The molecule has 0 saturated carbocycles. The predicted octanol–water partition coefficient (Wildman–Crippen LogP) is 5.49. The quantitative estimate of drug-likeness (QED) is 0.648. The minimum atomic E-state index is -0.270. The van der Waals surface area contributed by atoms with Crippen molar-refractivity contribution in [3.05, 3.63) is 57.6 Å². The minimum Gasteiger partial charge on any atom is -0.496 e. The number of ether oxygens (including phenoxy) is 2. The Hall–Kier alpha value is -1.19. The highest BCUT2D eigenvalue weighted by Crippen LogP contribution is 2.38. The monoisotopic (exact) mass is 368 g/mol. The standard InChI is InChI=1S/C17H18BrClO2/c1-4-21-15-7-5-11(2)9-13(15)17(19)12-6-8-16(20-3)14(18)10-12/h5-10,17H,4H2,1-3H3. The van der Waals surface area contributed by atoms with Crippen molar-refractivity contribution in [3.8, 4) is 11.5 Å². The summed E-state index contributed by atoms with van der Waals surface area (Å²) in [5.41, 5.74) is 3.14. The zero-order valence-electron chi connectivity index (χ0n) is 12.3. The number of methoxy groups -OCH3 is 1. The van der Waals surface area contributed by atoms with Crippen molar-refractivity contribution >= 4 is 27.5 Å². The van der Waals surface area contributed by atoms with Crippen LogP contribution in [0.15, 0.2) is 40.9 Å². The predicted molar refractivity (Wildman–Crippen MR) is 90.7 cm³/mol. The highest BCUT2D eigenvalue weighted by atomic mass is 79.9. The third kappa shape index (κ3) is 3.72. The maximum atomic E-state index is 6.67. The third-order valence-electron chi connectivity index (χ3n) is 3.21. The third-order valence-corrected chi connectivity index (χ3v) is 4.31. The second-order valence-corrected chi connectivity index (χ2v) is 6.02. The van der Waals surface area contributed by atoms with Crippen molar-refractivity contribution in [3.63, 3.8) is 0 Å². The summed E-state index contributed by atoms with van der Waals surface area (Å²) in [6.07, 6.45) is 0. The highest BCUT2D eigenvalue weighted by Gasteiger charge is 2.17. The minimum absolute atomic E-state index is 0.270. The van der Waals surface area contributed by atoms with E-state index in [9.17, 15) is 0 Å². The first kappa shape index (κ1) is 16.2. The molecular weight excluding hydrogens is 352 g/mol. The van der Waals surface area contributed by atoms with E-state index in [1.165, 1.54) is 0 Å². The van der Waals surface area contributed by atoms with Crippen molar-refractivity contribution in [2.75, 3.05) is 13.7 Å². The van der Waals surface area contributed by atoms with Crippen LogP contribution in [0, 0.1) is 6.92 Å². The molecule has 4 heteroatoms. The van der Waals surface area contributed by atoms with Crippen LogP contribution in [0.5, 0.6) is 11.5 Å². The summed E-state index contributed by atoms with van der Waals surface area (Å²) in [7, 11) is 1.64. The van der Waals surface area contributed by atoms with Gasteiger partial charge in [0, 0.05) is 5.56 Å². The molecule has 2 aromatic rings. The Morgan fingerprint density at radius 3 is 2.48 bits per heavy atom. The molecule has 0 aliphatic heterocycles. The molecule has 0 heterocycles. The molecule has 0 aliphatic carbocycles. The first-order valence-electron chi connectivity index (χ1n) is 6.77. The molecule has 2 rings (SSSR count). The number of hydrogen-bond donors (Lipinski definition) is 0. The zero-order chi connectivity index (χ0) is 15.4. The average Bonchev–Trinajstić information content (AvgIpc) is 2.48. The van der Waals surface area contributed by atoms with Gasteiger partial charge in [0.15, 0.2) is 0 Å². The maximum Gasteiger partial charge on any atom is 0.133 e. The lowest BCUT2D eigenvalue weighted by Gasteiger charge is -2.17. The van der Waals surface area contributed by atoms with Crippen molar-refractivity contribution in [1.29, 1.82) is 0 Å². The lowest BCUT2D eigenvalue weighted by Crippen LogP contribution is -2.01. The van der Waals surface area contributed by atoms with Crippen LogP contribution in [0.4, 0.5) is 0 Å². The fourth-order valence-electron chi connectivity index (χ4n) is 2.17. The van der Waals surface area contributed by atoms with Gasteiger partial charge in [-0.25, -0.2) is 0 Å². The normalized spacial score (nSPS) is 12.0. The van der Waals surface area contributed by atoms with E-state index in [4.69, 9.17) is 21.1 Å². The molecule has 0 aliphatic rings. The van der Waals surface area contributed by atoms with Gasteiger partial charge in [0.2, 0.25) is 0 Å². The summed E-state index contributed by atoms with van der Waals surface area (Å²) < 4.78 is 11.8. The molecule has 0 bridgehead atoms. The summed E-state index contributed by atoms with van der Waals surface area (Å²) >= 11 is 10.2. The molecule has 0 N–H and O–H groups in total. The van der Waals surface area contributed by atoms with Crippen LogP contribution < -0.4 is 9.47 Å². The van der Waals surface area contributed by atoms with E-state index in [0.29, 0.717) is 6.61 Å². The van der Waals surface area contributed by atoms with Crippen LogP contribution in [0.2, 0.25) is 0 Å². The van der Waals surface area contributed by atoms with Crippen LogP contribution in [-0.2, 0) is 0 Å². The van der Waals surface area contributed by atoms with Crippen LogP contribution >= 0.6 is 27.5 Å². The van der Waals surface area contributed by atoms with E-state index in [-0.39, 0.29) is 5.38 Å². The Kier molecular flexibility index (Phi) is 5.54. The van der Waals surface area contributed by atoms with E-state index >= 15 is 0 Å². The molecule has 1 unspecified atom stereocenters. The Labute approximate surface area is 139 Å². The van der Waals surface area contributed by atoms with E-state index < -0.39 is 0 Å². The van der Waals surface area contributed by atoms with Gasteiger partial charge in [-0.1, -0.05) is 23.8 Å². The smallest absolute Gasteiger partial charge is 0.133 e. The van der Waals surface area contributed by atoms with Crippen LogP contribution in [-0.4, -0.2) is 13.7 Å². The number of rotatable bonds is 5. The topological polar surface area (TPSA) is 18.5 Å². The second kappa shape index (κ2) is 7.19. The number of benzene rings is 2. The number of halogens is 2. The van der Waals surface area contributed by atoms with Crippen LogP contribution in [0.3, 0.4) is 0 Å². The SMILES string of the molecule is CCOc1ccc(C)cc1C(Cl)c1ccc(OC)c(Br)c1. The summed E-state index contributed by atoms with van der Waals surface area (Å²) in [5.74, 6) is 1.62. The lowest BCUT2D eigenvalue weighted by molar-refractivity contribution is 0.337. The Morgan fingerprint density at radius 1 is 1.14 bits per heavy atom. The summed E-state index contributed by atoms with van der Waals surface area (Å²) in [5, 5.41) is -0.270. The Bertz CT molecular complexity index is 628. The largest absolute Gasteiger partial charge is 0.496 e. The molecule has 21 heavy (non-hydrogen) atoms. The van der Waals surface area contributed by atoms with E-state index in [1.54, 1.807) is 7.11 Å². The first-order chi connectivity index (χ1) is 10.1. The molecular formula is C17H18BrClO2. The number of hydrogen-bond acceptors (Lipinski definition) is 2. The van der Waals surface area contributed by atoms with Gasteiger partial charge in [-0.2, -0.15) is 0 Å². The summed E-state index contributed by atoms with van der Waals surface area (Å²) in [6, 6.07) is 11.9. The van der Waals surface area contributed by atoms with Gasteiger partial charge in [-0.15, -0.1) is 11.6 Å². The van der Waals surface area contributed by atoms with Crippen LogP contribution in [0.25, 0.3) is 0 Å². The van der Waals surface area contributed by atoms with E-state index in [1.807, 2.05) is 44.2 Å². The number of alkyl halides is 1. The molecule has 2 aromatic carbocycles. The number of aryl methyl sites for hydroxylation is 1. The Balaban J connectivity index is 2.41. The fraction of sp³-hybridized carbons (Fsp3) is 0.294. The van der Waals surface area contributed by atoms with Gasteiger partial charge in [0.1, 0.15) is 11.5 Å². The van der Waals surface area contributed by atoms with Crippen molar-refractivity contribution in [1.82, 2.24) is 0 Å². The lowest BCUT2D eigenvalue weighted by atomic mass is 10.0. The van der Waals surface area contributed by atoms with Gasteiger partial charge in [-0.3, -0.25) is 0 Å². The van der Waals surface area contributed by atoms with Crippen LogP contribution in [0.1, 0.15) is 29.0 Å². The molecule has 0 radical (unpaired) electrons. The average molecular weight is 370 g/mol. The van der Waals surface area contributed by atoms with E-state index in [2.05, 4.69) is 22.0 Å². The van der Waals surface area contributed by atoms with Crippen molar-refractivity contribution < 1.29 is 9.47 Å². The molecule has 0 saturated heterocycles. The molecule has 0 spiro atoms. The summed E-state index contributed by atoms with van der Waals surface area (Å²) in [6.45, 7) is 4.63. The van der Waals surface area contributed by atoms with Gasteiger partial charge in [0.05, 0.1) is 23.6 Å². The van der Waals surface area contributed by atoms with Gasteiger partial charge in [0.25, 0.3) is 0 Å². The van der Waals surface area contributed by atoms with Crippen molar-refractivity contribution in [2.45, 2.75) is 19.2 Å². The van der Waals surface area contributed by atoms with Gasteiger partial charge < -0.3 is 9.47 Å². The van der Waals surface area contributed by atoms with E-state index in [0.717, 1.165) is 32.7 Å². The molecule has 0 fully saturated rings.